The average molecular weight is 352 g/mol. The van der Waals surface area contributed by atoms with Gasteiger partial charge in [0.05, 0.1) is 0 Å². The summed E-state index contributed by atoms with van der Waals surface area (Å²) in [7, 11) is 0. The molecule has 1 saturated heterocycles. The Balaban J connectivity index is 1.52. The molecule has 0 spiro atoms. The number of hydrogen-bond acceptors (Lipinski definition) is 3. The number of benzene rings is 2. The van der Waals surface area contributed by atoms with Crippen LogP contribution in [0.3, 0.4) is 0 Å². The average Bonchev–Trinajstić information content (AvgIpc) is 2.66. The number of carbonyl (C=O) groups is 1. The maximum absolute atomic E-state index is 12.4. The second-order valence-electron chi connectivity index (χ2n) is 7.80. The highest BCUT2D eigenvalue weighted by molar-refractivity contribution is 5.81. The molecule has 1 aliphatic rings. The smallest absolute Gasteiger partial charge is 0.228 e. The number of piperazine rings is 1. The highest BCUT2D eigenvalue weighted by Crippen LogP contribution is 2.23. The fourth-order valence-corrected chi connectivity index (χ4v) is 3.14. The Morgan fingerprint density at radius 1 is 0.923 bits per heavy atom. The molecule has 0 aromatic heterocycles. The zero-order chi connectivity index (χ0) is 18.6. The fraction of sp³-hybridized carbons (Fsp3) is 0.409. The monoisotopic (exact) mass is 352 g/mol. The van der Waals surface area contributed by atoms with Gasteiger partial charge in [0.2, 0.25) is 5.91 Å². The van der Waals surface area contributed by atoms with Crippen molar-refractivity contribution in [3.05, 3.63) is 60.2 Å². The van der Waals surface area contributed by atoms with Crippen LogP contribution in [0, 0.1) is 5.41 Å². The first kappa shape index (κ1) is 18.3. The van der Waals surface area contributed by atoms with Gasteiger partial charge in [-0.25, -0.2) is 0 Å². The summed E-state index contributed by atoms with van der Waals surface area (Å²) in [6, 6.07) is 18.4. The molecule has 1 heterocycles. The van der Waals surface area contributed by atoms with Crippen molar-refractivity contribution in [3.63, 3.8) is 0 Å². The van der Waals surface area contributed by atoms with Crippen LogP contribution in [0.15, 0.2) is 54.6 Å². The highest BCUT2D eigenvalue weighted by atomic mass is 16.5. The van der Waals surface area contributed by atoms with E-state index in [1.54, 1.807) is 0 Å². The van der Waals surface area contributed by atoms with Gasteiger partial charge in [-0.15, -0.1) is 0 Å². The van der Waals surface area contributed by atoms with Crippen molar-refractivity contribution in [3.8, 4) is 5.75 Å². The minimum Gasteiger partial charge on any atom is -0.489 e. The maximum Gasteiger partial charge on any atom is 0.228 e. The molecule has 2 aromatic rings. The van der Waals surface area contributed by atoms with E-state index in [9.17, 15) is 4.79 Å². The molecule has 4 heteroatoms. The summed E-state index contributed by atoms with van der Waals surface area (Å²) in [5, 5.41) is 0. The molecule has 0 unspecified atom stereocenters. The van der Waals surface area contributed by atoms with Crippen molar-refractivity contribution in [2.24, 2.45) is 5.41 Å². The molecule has 0 saturated carbocycles. The summed E-state index contributed by atoms with van der Waals surface area (Å²) in [5.41, 5.74) is 2.04. The highest BCUT2D eigenvalue weighted by Gasteiger charge is 2.29. The van der Waals surface area contributed by atoms with Gasteiger partial charge in [-0.3, -0.25) is 4.79 Å². The van der Waals surface area contributed by atoms with E-state index in [1.165, 1.54) is 5.69 Å². The van der Waals surface area contributed by atoms with Crippen LogP contribution in [0.1, 0.15) is 26.3 Å². The molecule has 1 aliphatic heterocycles. The van der Waals surface area contributed by atoms with E-state index in [0.717, 1.165) is 37.5 Å². The molecule has 4 nitrogen and oxygen atoms in total. The number of rotatable bonds is 4. The number of hydrogen-bond donors (Lipinski definition) is 0. The zero-order valence-corrected chi connectivity index (χ0v) is 15.9. The van der Waals surface area contributed by atoms with Crippen LogP contribution in [0.2, 0.25) is 0 Å². The number of anilines is 1. The summed E-state index contributed by atoms with van der Waals surface area (Å²) in [4.78, 5) is 16.7. The van der Waals surface area contributed by atoms with Crippen molar-refractivity contribution in [1.29, 1.82) is 0 Å². The molecule has 138 valence electrons. The molecule has 1 amide bonds. The van der Waals surface area contributed by atoms with Gasteiger partial charge in [-0.2, -0.15) is 0 Å². The largest absolute Gasteiger partial charge is 0.489 e. The van der Waals surface area contributed by atoms with Crippen LogP contribution in [0.4, 0.5) is 5.69 Å². The molecular weight excluding hydrogens is 324 g/mol. The lowest BCUT2D eigenvalue weighted by Gasteiger charge is -2.38. The Kier molecular flexibility index (Phi) is 5.50. The van der Waals surface area contributed by atoms with Crippen LogP contribution in [0.5, 0.6) is 5.75 Å². The van der Waals surface area contributed by atoms with Gasteiger partial charge in [-0.1, -0.05) is 51.1 Å². The van der Waals surface area contributed by atoms with Crippen molar-refractivity contribution in [2.45, 2.75) is 27.4 Å². The molecule has 0 radical (unpaired) electrons. The van der Waals surface area contributed by atoms with Crippen LogP contribution in [-0.4, -0.2) is 37.0 Å². The molecular formula is C22H28N2O2. The molecule has 2 aromatic carbocycles. The minimum atomic E-state index is -0.306. The van der Waals surface area contributed by atoms with E-state index in [0.29, 0.717) is 6.61 Å². The van der Waals surface area contributed by atoms with Gasteiger partial charge in [-0.05, 0) is 29.8 Å². The number of nitrogens with zero attached hydrogens (tertiary/aromatic N) is 2. The summed E-state index contributed by atoms with van der Waals surface area (Å²) in [6.45, 7) is 9.82. The van der Waals surface area contributed by atoms with Crippen molar-refractivity contribution in [1.82, 2.24) is 4.90 Å². The summed E-state index contributed by atoms with van der Waals surface area (Å²) in [5.74, 6) is 1.11. The standard InChI is InChI=1S/C22H28N2O2/c1-22(2,3)21(25)24-15-13-23(14-16-24)19-9-11-20(12-10-19)26-17-18-7-5-4-6-8-18/h4-12H,13-17H2,1-3H3. The number of carbonyl (C=O) groups excluding carboxylic acids is 1. The lowest BCUT2D eigenvalue weighted by atomic mass is 9.94. The van der Waals surface area contributed by atoms with Crippen LogP contribution in [-0.2, 0) is 11.4 Å². The quantitative estimate of drug-likeness (QED) is 0.835. The Morgan fingerprint density at radius 2 is 1.54 bits per heavy atom. The van der Waals surface area contributed by atoms with Gasteiger partial charge in [0.1, 0.15) is 12.4 Å². The Hall–Kier alpha value is -2.49. The third-order valence-corrected chi connectivity index (χ3v) is 4.66. The van der Waals surface area contributed by atoms with Crippen molar-refractivity contribution >= 4 is 11.6 Å². The van der Waals surface area contributed by atoms with Crippen LogP contribution < -0.4 is 9.64 Å². The third-order valence-electron chi connectivity index (χ3n) is 4.66. The lowest BCUT2D eigenvalue weighted by Crippen LogP contribution is -2.51. The summed E-state index contributed by atoms with van der Waals surface area (Å²) < 4.78 is 5.85. The van der Waals surface area contributed by atoms with E-state index >= 15 is 0 Å². The van der Waals surface area contributed by atoms with Gasteiger partial charge in [0.25, 0.3) is 0 Å². The summed E-state index contributed by atoms with van der Waals surface area (Å²) in [6.07, 6.45) is 0. The molecule has 0 atom stereocenters. The van der Waals surface area contributed by atoms with E-state index in [1.807, 2.05) is 56.0 Å². The predicted molar refractivity (Wildman–Crippen MR) is 105 cm³/mol. The van der Waals surface area contributed by atoms with E-state index in [4.69, 9.17) is 4.74 Å². The third kappa shape index (κ3) is 4.57. The van der Waals surface area contributed by atoms with Crippen molar-refractivity contribution in [2.75, 3.05) is 31.1 Å². The molecule has 3 rings (SSSR count). The SMILES string of the molecule is CC(C)(C)C(=O)N1CCN(c2ccc(OCc3ccccc3)cc2)CC1. The second-order valence-corrected chi connectivity index (χ2v) is 7.80. The van der Waals surface area contributed by atoms with Gasteiger partial charge in [0, 0.05) is 37.3 Å². The van der Waals surface area contributed by atoms with E-state index < -0.39 is 0 Å². The van der Waals surface area contributed by atoms with Gasteiger partial charge >= 0.3 is 0 Å². The van der Waals surface area contributed by atoms with Crippen molar-refractivity contribution < 1.29 is 9.53 Å². The Morgan fingerprint density at radius 3 is 2.12 bits per heavy atom. The first-order valence-corrected chi connectivity index (χ1v) is 9.24. The molecule has 0 bridgehead atoms. The molecule has 1 fully saturated rings. The van der Waals surface area contributed by atoms with Crippen LogP contribution >= 0.6 is 0 Å². The second kappa shape index (κ2) is 7.81. The Labute approximate surface area is 156 Å². The number of ether oxygens (including phenoxy) is 1. The van der Waals surface area contributed by atoms with E-state index in [2.05, 4.69) is 29.2 Å². The first-order chi connectivity index (χ1) is 12.4. The maximum atomic E-state index is 12.4. The van der Waals surface area contributed by atoms with Gasteiger partial charge < -0.3 is 14.5 Å². The van der Waals surface area contributed by atoms with E-state index in [-0.39, 0.29) is 11.3 Å². The minimum absolute atomic E-state index is 0.238. The van der Waals surface area contributed by atoms with Gasteiger partial charge in [0.15, 0.2) is 0 Å². The normalized spacial score (nSPS) is 15.0. The van der Waals surface area contributed by atoms with Crippen LogP contribution in [0.25, 0.3) is 0 Å². The topological polar surface area (TPSA) is 32.8 Å². The first-order valence-electron chi connectivity index (χ1n) is 9.24. The molecule has 0 aliphatic carbocycles. The lowest BCUT2D eigenvalue weighted by molar-refractivity contribution is -0.139. The zero-order valence-electron chi connectivity index (χ0n) is 15.9. The molecule has 0 N–H and O–H groups in total. The number of amides is 1. The molecule has 26 heavy (non-hydrogen) atoms. The predicted octanol–water partition coefficient (Wildman–Crippen LogP) is 3.96. The summed E-state index contributed by atoms with van der Waals surface area (Å²) >= 11 is 0. The Bertz CT molecular complexity index is 712. The fourth-order valence-electron chi connectivity index (χ4n) is 3.14.